The Morgan fingerprint density at radius 3 is 2.58 bits per heavy atom. The largest absolute Gasteiger partial charge is 0.365 e. The van der Waals surface area contributed by atoms with Gasteiger partial charge >= 0.3 is 0 Å². The summed E-state index contributed by atoms with van der Waals surface area (Å²) in [5, 5.41) is 5.78. The molecule has 2 heterocycles. The van der Waals surface area contributed by atoms with E-state index in [-0.39, 0.29) is 35.0 Å². The highest BCUT2D eigenvalue weighted by Crippen LogP contribution is 2.36. The van der Waals surface area contributed by atoms with Gasteiger partial charge in [-0.1, -0.05) is 0 Å². The molecule has 0 spiro atoms. The number of carbonyl (C=O) groups excluding carboxylic acids is 1. The molecule has 9 heteroatoms. The van der Waals surface area contributed by atoms with Crippen molar-refractivity contribution in [1.29, 1.82) is 0 Å². The first-order valence-electron chi connectivity index (χ1n) is 8.25. The number of nitrogens with one attached hydrogen (secondary N) is 2. The van der Waals surface area contributed by atoms with Crippen LogP contribution in [0.4, 0.5) is 26.1 Å². The van der Waals surface area contributed by atoms with Crippen LogP contribution in [0.1, 0.15) is 30.1 Å². The fourth-order valence-electron chi connectivity index (χ4n) is 2.78. The van der Waals surface area contributed by atoms with Crippen molar-refractivity contribution in [3.05, 3.63) is 41.7 Å². The van der Waals surface area contributed by atoms with Gasteiger partial charge in [-0.05, 0) is 31.7 Å². The van der Waals surface area contributed by atoms with E-state index in [1.165, 1.54) is 12.3 Å². The minimum atomic E-state index is -0.860. The lowest BCUT2D eigenvalue weighted by atomic mass is 10.1. The summed E-state index contributed by atoms with van der Waals surface area (Å²) in [6.45, 7) is 1.84. The molecule has 1 aliphatic rings. The Hall–Kier alpha value is -2.81. The number of hydrogen-bond acceptors (Lipinski definition) is 6. The Morgan fingerprint density at radius 2 is 2.00 bits per heavy atom. The second kappa shape index (κ2) is 7.20. The number of nitrogens with two attached hydrogens (primary N) is 2. The maximum atomic E-state index is 14.4. The van der Waals surface area contributed by atoms with E-state index in [0.717, 1.165) is 25.1 Å². The van der Waals surface area contributed by atoms with E-state index in [9.17, 15) is 13.6 Å². The van der Waals surface area contributed by atoms with Gasteiger partial charge in [0.1, 0.15) is 11.6 Å². The summed E-state index contributed by atoms with van der Waals surface area (Å²) in [5.41, 5.74) is 11.4. The summed E-state index contributed by atoms with van der Waals surface area (Å²) in [7, 11) is 0. The lowest BCUT2D eigenvalue weighted by molar-refractivity contribution is 0.100. The van der Waals surface area contributed by atoms with Crippen molar-refractivity contribution in [1.82, 2.24) is 9.97 Å². The van der Waals surface area contributed by atoms with E-state index in [1.54, 1.807) is 0 Å². The first kappa shape index (κ1) is 18.0. The van der Waals surface area contributed by atoms with Crippen molar-refractivity contribution in [3.8, 4) is 0 Å². The zero-order chi connectivity index (χ0) is 18.8. The van der Waals surface area contributed by atoms with E-state index in [2.05, 4.69) is 20.6 Å². The summed E-state index contributed by atoms with van der Waals surface area (Å²) in [6, 6.07) is 1.83. The van der Waals surface area contributed by atoms with Crippen molar-refractivity contribution in [3.63, 3.8) is 0 Å². The standard InChI is InChI=1S/C17H20F2N6O/c1-8(20)14(9-2-3-9)24-17-13(19)5-12(15(21)26)16(25-17)23-11-4-10(18)6-22-7-11/h4-9,14H,2-3,20H2,1H3,(H2,21,26)(H2,23,24,25)/t8-,14-/m0/s1. The van der Waals surface area contributed by atoms with Gasteiger partial charge in [-0.25, -0.2) is 13.8 Å². The number of amides is 1. The molecule has 0 aliphatic heterocycles. The predicted molar refractivity (Wildman–Crippen MR) is 94.0 cm³/mol. The first-order valence-corrected chi connectivity index (χ1v) is 8.25. The van der Waals surface area contributed by atoms with E-state index < -0.39 is 17.5 Å². The molecule has 1 aliphatic carbocycles. The van der Waals surface area contributed by atoms with Crippen LogP contribution in [-0.2, 0) is 0 Å². The Morgan fingerprint density at radius 1 is 1.27 bits per heavy atom. The zero-order valence-electron chi connectivity index (χ0n) is 14.2. The summed E-state index contributed by atoms with van der Waals surface area (Å²) >= 11 is 0. The Bertz CT molecular complexity index is 823. The summed E-state index contributed by atoms with van der Waals surface area (Å²) < 4.78 is 27.8. The highest BCUT2D eigenvalue weighted by Gasteiger charge is 2.34. The molecule has 2 aromatic heterocycles. The van der Waals surface area contributed by atoms with Gasteiger partial charge in [-0.15, -0.1) is 0 Å². The Kier molecular flexibility index (Phi) is 4.99. The van der Waals surface area contributed by atoms with Crippen LogP contribution in [0.3, 0.4) is 0 Å². The molecule has 0 aromatic carbocycles. The predicted octanol–water partition coefficient (Wildman–Crippen LogP) is 2.13. The number of nitrogens with zero attached hydrogens (tertiary/aromatic N) is 2. The lowest BCUT2D eigenvalue weighted by Gasteiger charge is -2.23. The number of primary amides is 1. The molecule has 0 bridgehead atoms. The van der Waals surface area contributed by atoms with Gasteiger partial charge in [0, 0.05) is 18.2 Å². The van der Waals surface area contributed by atoms with Crippen LogP contribution in [0.25, 0.3) is 0 Å². The molecular weight excluding hydrogens is 342 g/mol. The maximum Gasteiger partial charge on any atom is 0.252 e. The second-order valence-electron chi connectivity index (χ2n) is 6.46. The molecule has 0 unspecified atom stereocenters. The molecule has 2 atom stereocenters. The molecule has 3 rings (SSSR count). The smallest absolute Gasteiger partial charge is 0.252 e. The summed E-state index contributed by atoms with van der Waals surface area (Å²) in [4.78, 5) is 19.5. The van der Waals surface area contributed by atoms with Crippen molar-refractivity contribution in [2.45, 2.75) is 31.8 Å². The van der Waals surface area contributed by atoms with Crippen LogP contribution >= 0.6 is 0 Å². The third kappa shape index (κ3) is 4.05. The van der Waals surface area contributed by atoms with Gasteiger partial charge in [0.25, 0.3) is 5.91 Å². The monoisotopic (exact) mass is 362 g/mol. The molecule has 1 saturated carbocycles. The van der Waals surface area contributed by atoms with Gasteiger partial charge in [0.05, 0.1) is 23.6 Å². The Labute approximate surface area is 149 Å². The summed E-state index contributed by atoms with van der Waals surface area (Å²) in [6.07, 6.45) is 4.41. The fraction of sp³-hybridized carbons (Fsp3) is 0.353. The van der Waals surface area contributed by atoms with Crippen LogP contribution < -0.4 is 22.1 Å². The van der Waals surface area contributed by atoms with Crippen LogP contribution in [0.15, 0.2) is 24.5 Å². The third-order valence-corrected chi connectivity index (χ3v) is 4.21. The number of halogens is 2. The van der Waals surface area contributed by atoms with E-state index in [1.807, 2.05) is 6.92 Å². The molecule has 2 aromatic rings. The van der Waals surface area contributed by atoms with Gasteiger partial charge in [0.2, 0.25) is 0 Å². The van der Waals surface area contributed by atoms with Gasteiger partial charge in [0.15, 0.2) is 11.6 Å². The van der Waals surface area contributed by atoms with E-state index in [4.69, 9.17) is 11.5 Å². The molecular formula is C17H20F2N6O. The van der Waals surface area contributed by atoms with Crippen molar-refractivity contribution >= 4 is 23.2 Å². The lowest BCUT2D eigenvalue weighted by Crippen LogP contribution is -2.40. The van der Waals surface area contributed by atoms with E-state index in [0.29, 0.717) is 5.92 Å². The maximum absolute atomic E-state index is 14.4. The molecule has 1 amide bonds. The number of hydrogen-bond donors (Lipinski definition) is 4. The molecule has 26 heavy (non-hydrogen) atoms. The number of anilines is 3. The number of aromatic nitrogens is 2. The minimum absolute atomic E-state index is 0.00743. The van der Waals surface area contributed by atoms with Crippen LogP contribution in [0, 0.1) is 17.6 Å². The second-order valence-corrected chi connectivity index (χ2v) is 6.46. The fourth-order valence-corrected chi connectivity index (χ4v) is 2.78. The van der Waals surface area contributed by atoms with Crippen molar-refractivity contribution in [2.75, 3.05) is 10.6 Å². The highest BCUT2D eigenvalue weighted by atomic mass is 19.1. The average Bonchev–Trinajstić information content (AvgIpc) is 3.39. The Balaban J connectivity index is 1.94. The number of rotatable bonds is 7. The quantitative estimate of drug-likeness (QED) is 0.599. The molecule has 138 valence electrons. The summed E-state index contributed by atoms with van der Waals surface area (Å²) in [5.74, 6) is -1.82. The molecule has 6 N–H and O–H groups in total. The normalized spacial score (nSPS) is 16.0. The van der Waals surface area contributed by atoms with Crippen molar-refractivity contribution in [2.24, 2.45) is 17.4 Å². The van der Waals surface area contributed by atoms with Crippen LogP contribution in [0.2, 0.25) is 0 Å². The highest BCUT2D eigenvalue weighted by molar-refractivity contribution is 5.98. The minimum Gasteiger partial charge on any atom is -0.365 e. The van der Waals surface area contributed by atoms with E-state index >= 15 is 0 Å². The third-order valence-electron chi connectivity index (χ3n) is 4.21. The topological polar surface area (TPSA) is 119 Å². The molecule has 0 saturated heterocycles. The first-order chi connectivity index (χ1) is 12.3. The van der Waals surface area contributed by atoms with Crippen LogP contribution in [0.5, 0.6) is 0 Å². The van der Waals surface area contributed by atoms with Gasteiger partial charge < -0.3 is 22.1 Å². The molecule has 7 nitrogen and oxygen atoms in total. The molecule has 1 fully saturated rings. The number of pyridine rings is 2. The van der Waals surface area contributed by atoms with Gasteiger partial charge in [-0.3, -0.25) is 9.78 Å². The van der Waals surface area contributed by atoms with Gasteiger partial charge in [-0.2, -0.15) is 0 Å². The zero-order valence-corrected chi connectivity index (χ0v) is 14.2. The van der Waals surface area contributed by atoms with Crippen LogP contribution in [-0.4, -0.2) is 28.0 Å². The number of carbonyl (C=O) groups is 1. The SMILES string of the molecule is C[C@H](N)[C@H](Nc1nc(Nc2cncc(F)c2)c(C(N)=O)cc1F)C1CC1. The van der Waals surface area contributed by atoms with Crippen molar-refractivity contribution < 1.29 is 13.6 Å². The molecule has 0 radical (unpaired) electrons. The average molecular weight is 362 g/mol.